The molecule has 0 bridgehead atoms. The predicted molar refractivity (Wildman–Crippen MR) is 95.9 cm³/mol. The minimum Gasteiger partial charge on any atom is -0.455 e. The average molecular weight is 376 g/mol. The van der Waals surface area contributed by atoms with Gasteiger partial charge in [0.1, 0.15) is 6.54 Å². The van der Waals surface area contributed by atoms with E-state index >= 15 is 0 Å². The van der Waals surface area contributed by atoms with Crippen molar-refractivity contribution in [1.29, 1.82) is 0 Å². The maximum atomic E-state index is 12.3. The zero-order valence-corrected chi connectivity index (χ0v) is 15.0. The van der Waals surface area contributed by atoms with Gasteiger partial charge >= 0.3 is 5.97 Å². The molecule has 0 aromatic heterocycles. The lowest BCUT2D eigenvalue weighted by Gasteiger charge is -2.15. The number of amides is 1. The van der Waals surface area contributed by atoms with Crippen molar-refractivity contribution < 1.29 is 22.7 Å². The summed E-state index contributed by atoms with van der Waals surface area (Å²) in [4.78, 5) is 25.2. The second-order valence-electron chi connectivity index (χ2n) is 6.08. The molecule has 0 atom stereocenters. The van der Waals surface area contributed by atoms with Crippen LogP contribution in [0.25, 0.3) is 10.8 Å². The van der Waals surface area contributed by atoms with Gasteiger partial charge in [-0.05, 0) is 35.7 Å². The van der Waals surface area contributed by atoms with Gasteiger partial charge in [0.05, 0.1) is 4.90 Å². The van der Waals surface area contributed by atoms with Gasteiger partial charge in [-0.1, -0.05) is 30.3 Å². The number of nitrogens with zero attached hydrogens (tertiary/aromatic N) is 1. The Kier molecular flexibility index (Phi) is 5.53. The van der Waals surface area contributed by atoms with E-state index in [0.717, 1.165) is 23.6 Å². The molecular weight excluding hydrogens is 356 g/mol. The quantitative estimate of drug-likeness (QED) is 0.767. The molecule has 3 rings (SSSR count). The third kappa shape index (κ3) is 4.39. The number of ether oxygens (including phenoxy) is 1. The van der Waals surface area contributed by atoms with E-state index in [1.54, 1.807) is 17.0 Å². The highest BCUT2D eigenvalue weighted by Crippen LogP contribution is 2.18. The number of likely N-dealkylation sites (tertiary alicyclic amines) is 1. The molecule has 8 heteroatoms. The maximum Gasteiger partial charge on any atom is 0.321 e. The van der Waals surface area contributed by atoms with Gasteiger partial charge in [0.2, 0.25) is 10.0 Å². The third-order valence-electron chi connectivity index (χ3n) is 4.25. The molecule has 1 amide bonds. The lowest BCUT2D eigenvalue weighted by Crippen LogP contribution is -2.35. The van der Waals surface area contributed by atoms with E-state index in [4.69, 9.17) is 4.74 Å². The number of carbonyl (C=O) groups excluding carboxylic acids is 2. The highest BCUT2D eigenvalue weighted by atomic mass is 32.2. The summed E-state index contributed by atoms with van der Waals surface area (Å²) in [5, 5.41) is 1.71. The molecule has 7 nitrogen and oxygen atoms in total. The molecule has 0 saturated carbocycles. The fraction of sp³-hybridized carbons (Fsp3) is 0.333. The summed E-state index contributed by atoms with van der Waals surface area (Å²) in [6.07, 6.45) is 1.90. The lowest BCUT2D eigenvalue weighted by atomic mass is 10.1. The Labute approximate surface area is 152 Å². The number of esters is 1. The largest absolute Gasteiger partial charge is 0.455 e. The van der Waals surface area contributed by atoms with E-state index in [2.05, 4.69) is 4.72 Å². The first-order chi connectivity index (χ1) is 12.5. The fourth-order valence-corrected chi connectivity index (χ4v) is 3.83. The maximum absolute atomic E-state index is 12.3. The zero-order valence-electron chi connectivity index (χ0n) is 14.2. The zero-order chi connectivity index (χ0) is 18.6. The average Bonchev–Trinajstić information content (AvgIpc) is 3.19. The van der Waals surface area contributed by atoms with Crippen LogP contribution < -0.4 is 4.72 Å². The Morgan fingerprint density at radius 3 is 2.46 bits per heavy atom. The molecular formula is C18H20N2O5S. The molecule has 2 aromatic carbocycles. The highest BCUT2D eigenvalue weighted by molar-refractivity contribution is 7.89. The van der Waals surface area contributed by atoms with Crippen molar-refractivity contribution in [2.75, 3.05) is 26.2 Å². The standard InChI is InChI=1S/C18H20N2O5S/c21-17(20-9-3-4-10-20)13-25-18(22)12-19-26(23,24)16-8-7-14-5-1-2-6-15(14)11-16/h1-2,5-8,11,19H,3-4,9-10,12-13H2. The molecule has 1 aliphatic rings. The van der Waals surface area contributed by atoms with Gasteiger partial charge in [-0.15, -0.1) is 0 Å². The highest BCUT2D eigenvalue weighted by Gasteiger charge is 2.20. The van der Waals surface area contributed by atoms with Gasteiger partial charge in [-0.25, -0.2) is 8.42 Å². The Morgan fingerprint density at radius 2 is 1.73 bits per heavy atom. The predicted octanol–water partition coefficient (Wildman–Crippen LogP) is 1.28. The molecule has 0 unspecified atom stereocenters. The first-order valence-electron chi connectivity index (χ1n) is 8.37. The van der Waals surface area contributed by atoms with Gasteiger partial charge in [0.25, 0.3) is 5.91 Å². The van der Waals surface area contributed by atoms with Crippen LogP contribution in [-0.4, -0.2) is 51.4 Å². The number of benzene rings is 2. The van der Waals surface area contributed by atoms with Crippen LogP contribution >= 0.6 is 0 Å². The van der Waals surface area contributed by atoms with Crippen molar-refractivity contribution in [2.45, 2.75) is 17.7 Å². The van der Waals surface area contributed by atoms with Crippen molar-refractivity contribution in [3.8, 4) is 0 Å². The van der Waals surface area contributed by atoms with Crippen molar-refractivity contribution in [2.24, 2.45) is 0 Å². The first-order valence-corrected chi connectivity index (χ1v) is 9.86. The van der Waals surface area contributed by atoms with E-state index in [1.807, 2.05) is 24.3 Å². The Bertz CT molecular complexity index is 920. The summed E-state index contributed by atoms with van der Waals surface area (Å²) in [5.41, 5.74) is 0. The smallest absolute Gasteiger partial charge is 0.321 e. The number of nitrogens with one attached hydrogen (secondary N) is 1. The van der Waals surface area contributed by atoms with Gasteiger partial charge in [0.15, 0.2) is 6.61 Å². The van der Waals surface area contributed by atoms with Crippen molar-refractivity contribution in [3.05, 3.63) is 42.5 Å². The molecule has 0 radical (unpaired) electrons. The van der Waals surface area contributed by atoms with Crippen LogP contribution in [0.4, 0.5) is 0 Å². The van der Waals surface area contributed by atoms with Gasteiger partial charge in [0, 0.05) is 13.1 Å². The molecule has 1 heterocycles. The van der Waals surface area contributed by atoms with Crippen LogP contribution in [0, 0.1) is 0 Å². The molecule has 2 aromatic rings. The molecule has 1 N–H and O–H groups in total. The Hall–Kier alpha value is -2.45. The molecule has 0 spiro atoms. The normalized spacial score (nSPS) is 14.5. The summed E-state index contributed by atoms with van der Waals surface area (Å²) in [6, 6.07) is 12.1. The number of fused-ring (bicyclic) bond motifs is 1. The first kappa shape index (κ1) is 18.3. The number of rotatable bonds is 6. The number of hydrogen-bond acceptors (Lipinski definition) is 5. The fourth-order valence-electron chi connectivity index (χ4n) is 2.82. The molecule has 26 heavy (non-hydrogen) atoms. The van der Waals surface area contributed by atoms with E-state index in [0.29, 0.717) is 13.1 Å². The Morgan fingerprint density at radius 1 is 1.04 bits per heavy atom. The van der Waals surface area contributed by atoms with Crippen LogP contribution in [-0.2, 0) is 24.3 Å². The summed E-state index contributed by atoms with van der Waals surface area (Å²) in [5.74, 6) is -1.05. The SMILES string of the molecule is O=C(CNS(=O)(=O)c1ccc2ccccc2c1)OCC(=O)N1CCCC1. The number of sulfonamides is 1. The van der Waals surface area contributed by atoms with Gasteiger partial charge < -0.3 is 9.64 Å². The van der Waals surface area contributed by atoms with Crippen molar-refractivity contribution in [1.82, 2.24) is 9.62 Å². The summed E-state index contributed by atoms with van der Waals surface area (Å²) < 4.78 is 31.7. The molecule has 1 aliphatic heterocycles. The summed E-state index contributed by atoms with van der Waals surface area (Å²) in [7, 11) is -3.85. The summed E-state index contributed by atoms with van der Waals surface area (Å²) in [6.45, 7) is 0.453. The topological polar surface area (TPSA) is 92.8 Å². The second-order valence-corrected chi connectivity index (χ2v) is 7.85. The van der Waals surface area contributed by atoms with E-state index < -0.39 is 22.5 Å². The van der Waals surface area contributed by atoms with Crippen LogP contribution in [0.15, 0.2) is 47.4 Å². The van der Waals surface area contributed by atoms with Gasteiger partial charge in [-0.2, -0.15) is 4.72 Å². The summed E-state index contributed by atoms with van der Waals surface area (Å²) >= 11 is 0. The van der Waals surface area contributed by atoms with E-state index in [-0.39, 0.29) is 17.4 Å². The molecule has 0 aliphatic carbocycles. The molecule has 138 valence electrons. The van der Waals surface area contributed by atoms with Crippen LogP contribution in [0.2, 0.25) is 0 Å². The van der Waals surface area contributed by atoms with Crippen LogP contribution in [0.5, 0.6) is 0 Å². The third-order valence-corrected chi connectivity index (χ3v) is 5.65. The Balaban J connectivity index is 1.55. The number of carbonyl (C=O) groups is 2. The minimum atomic E-state index is -3.85. The minimum absolute atomic E-state index is 0.0668. The molecule has 1 saturated heterocycles. The van der Waals surface area contributed by atoms with Crippen LogP contribution in [0.1, 0.15) is 12.8 Å². The monoisotopic (exact) mass is 376 g/mol. The van der Waals surface area contributed by atoms with Crippen LogP contribution in [0.3, 0.4) is 0 Å². The number of hydrogen-bond donors (Lipinski definition) is 1. The van der Waals surface area contributed by atoms with Gasteiger partial charge in [-0.3, -0.25) is 9.59 Å². The van der Waals surface area contributed by atoms with Crippen molar-refractivity contribution in [3.63, 3.8) is 0 Å². The molecule has 1 fully saturated rings. The van der Waals surface area contributed by atoms with E-state index in [1.165, 1.54) is 6.07 Å². The second kappa shape index (κ2) is 7.84. The lowest BCUT2D eigenvalue weighted by molar-refractivity contribution is -0.150. The van der Waals surface area contributed by atoms with E-state index in [9.17, 15) is 18.0 Å². The van der Waals surface area contributed by atoms with Crippen molar-refractivity contribution >= 4 is 32.7 Å².